The summed E-state index contributed by atoms with van der Waals surface area (Å²) in [4.78, 5) is 39.6. The second kappa shape index (κ2) is 12.6. The Balaban J connectivity index is 1.52. The van der Waals surface area contributed by atoms with Crippen LogP contribution in [0.2, 0.25) is 0 Å². The summed E-state index contributed by atoms with van der Waals surface area (Å²) in [5, 5.41) is 5.96. The maximum absolute atomic E-state index is 12.9. The summed E-state index contributed by atoms with van der Waals surface area (Å²) in [6.45, 7) is 2.04. The van der Waals surface area contributed by atoms with Gasteiger partial charge < -0.3 is 15.5 Å². The standard InChI is InChI=1S/C26H33N3O3/c30-24-16-20-29(26(32)23-12-5-2-6-13-23)19-8-14-22(15-18-27-24)25(31)28-17-7-11-21-9-3-1-4-10-21/h1-6,9-10,12-13,22H,7-8,11,14-20H2,(H,27,30)(H,28,31). The van der Waals surface area contributed by atoms with Gasteiger partial charge in [-0.05, 0) is 49.8 Å². The summed E-state index contributed by atoms with van der Waals surface area (Å²) < 4.78 is 0. The zero-order chi connectivity index (χ0) is 22.6. The highest BCUT2D eigenvalue weighted by Gasteiger charge is 2.22. The second-order valence-electron chi connectivity index (χ2n) is 8.27. The van der Waals surface area contributed by atoms with E-state index in [0.717, 1.165) is 19.3 Å². The Bertz CT molecular complexity index is 870. The van der Waals surface area contributed by atoms with E-state index in [9.17, 15) is 14.4 Å². The lowest BCUT2D eigenvalue weighted by Crippen LogP contribution is -2.35. The molecule has 1 fully saturated rings. The van der Waals surface area contributed by atoms with Gasteiger partial charge in [-0.15, -0.1) is 0 Å². The van der Waals surface area contributed by atoms with Crippen LogP contribution in [-0.4, -0.2) is 48.8 Å². The van der Waals surface area contributed by atoms with Gasteiger partial charge in [0.05, 0.1) is 0 Å². The van der Waals surface area contributed by atoms with Crippen molar-refractivity contribution in [3.63, 3.8) is 0 Å². The minimum absolute atomic E-state index is 0.0347. The largest absolute Gasteiger partial charge is 0.356 e. The molecule has 1 saturated heterocycles. The Morgan fingerprint density at radius 2 is 1.69 bits per heavy atom. The molecule has 6 nitrogen and oxygen atoms in total. The Morgan fingerprint density at radius 1 is 0.969 bits per heavy atom. The van der Waals surface area contributed by atoms with Crippen molar-refractivity contribution >= 4 is 17.7 Å². The van der Waals surface area contributed by atoms with Gasteiger partial charge in [0.1, 0.15) is 0 Å². The molecule has 0 aliphatic carbocycles. The van der Waals surface area contributed by atoms with Gasteiger partial charge in [0.2, 0.25) is 11.8 Å². The van der Waals surface area contributed by atoms with E-state index < -0.39 is 0 Å². The highest BCUT2D eigenvalue weighted by molar-refractivity contribution is 5.94. The SMILES string of the molecule is O=C1CCN(C(=O)c2ccccc2)CCCC(C(=O)NCCCc2ccccc2)CCN1. The maximum atomic E-state index is 12.9. The topological polar surface area (TPSA) is 78.5 Å². The number of carbonyl (C=O) groups excluding carboxylic acids is 3. The summed E-state index contributed by atoms with van der Waals surface area (Å²) in [7, 11) is 0. The highest BCUT2D eigenvalue weighted by atomic mass is 16.2. The van der Waals surface area contributed by atoms with Crippen molar-refractivity contribution in [2.45, 2.75) is 38.5 Å². The van der Waals surface area contributed by atoms with Crippen molar-refractivity contribution in [2.24, 2.45) is 5.92 Å². The van der Waals surface area contributed by atoms with E-state index in [1.54, 1.807) is 17.0 Å². The Kier molecular flexibility index (Phi) is 9.29. The summed E-state index contributed by atoms with van der Waals surface area (Å²) in [6, 6.07) is 19.4. The van der Waals surface area contributed by atoms with Crippen LogP contribution in [0.3, 0.4) is 0 Å². The molecule has 1 aliphatic heterocycles. The highest BCUT2D eigenvalue weighted by Crippen LogP contribution is 2.15. The van der Waals surface area contributed by atoms with Crippen molar-refractivity contribution in [1.82, 2.24) is 15.5 Å². The molecule has 0 radical (unpaired) electrons. The molecule has 0 bridgehead atoms. The molecule has 6 heteroatoms. The molecule has 170 valence electrons. The molecular formula is C26H33N3O3. The molecule has 0 aromatic heterocycles. The quantitative estimate of drug-likeness (QED) is 0.684. The first kappa shape index (κ1) is 23.5. The van der Waals surface area contributed by atoms with Crippen molar-refractivity contribution in [1.29, 1.82) is 0 Å². The summed E-state index contributed by atoms with van der Waals surface area (Å²) >= 11 is 0. The normalized spacial score (nSPS) is 17.7. The van der Waals surface area contributed by atoms with Crippen LogP contribution in [0.15, 0.2) is 60.7 Å². The monoisotopic (exact) mass is 435 g/mol. The molecule has 2 N–H and O–H groups in total. The predicted molar refractivity (Wildman–Crippen MR) is 125 cm³/mol. The van der Waals surface area contributed by atoms with Crippen molar-refractivity contribution in [2.75, 3.05) is 26.2 Å². The second-order valence-corrected chi connectivity index (χ2v) is 8.27. The van der Waals surface area contributed by atoms with Crippen molar-refractivity contribution < 1.29 is 14.4 Å². The molecule has 0 saturated carbocycles. The third-order valence-corrected chi connectivity index (χ3v) is 5.87. The van der Waals surface area contributed by atoms with Gasteiger partial charge in [0.15, 0.2) is 0 Å². The lowest BCUT2D eigenvalue weighted by atomic mass is 9.97. The van der Waals surface area contributed by atoms with Crippen molar-refractivity contribution in [3.05, 3.63) is 71.8 Å². The van der Waals surface area contributed by atoms with Crippen LogP contribution in [0.5, 0.6) is 0 Å². The molecule has 32 heavy (non-hydrogen) atoms. The molecule has 1 unspecified atom stereocenters. The van der Waals surface area contributed by atoms with E-state index in [1.807, 2.05) is 36.4 Å². The van der Waals surface area contributed by atoms with E-state index in [0.29, 0.717) is 44.6 Å². The molecule has 3 amide bonds. The fraction of sp³-hybridized carbons (Fsp3) is 0.423. The van der Waals surface area contributed by atoms with Gasteiger partial charge >= 0.3 is 0 Å². The van der Waals surface area contributed by atoms with Gasteiger partial charge in [0.25, 0.3) is 5.91 Å². The number of rotatable bonds is 6. The average Bonchev–Trinajstić information content (AvgIpc) is 2.87. The Labute approximate surface area is 190 Å². The lowest BCUT2D eigenvalue weighted by Gasteiger charge is -2.23. The molecule has 2 aromatic carbocycles. The molecule has 1 atom stereocenters. The summed E-state index contributed by atoms with van der Waals surface area (Å²) in [6.07, 6.45) is 4.13. The zero-order valence-corrected chi connectivity index (χ0v) is 18.6. The smallest absolute Gasteiger partial charge is 0.253 e. The number of benzene rings is 2. The fourth-order valence-electron chi connectivity index (χ4n) is 4.02. The van der Waals surface area contributed by atoms with Gasteiger partial charge in [-0.3, -0.25) is 14.4 Å². The van der Waals surface area contributed by atoms with E-state index in [2.05, 4.69) is 22.8 Å². The number of amides is 3. The number of hydrogen-bond donors (Lipinski definition) is 2. The number of aryl methyl sites for hydroxylation is 1. The van der Waals surface area contributed by atoms with E-state index in [1.165, 1.54) is 5.56 Å². The minimum atomic E-state index is -0.168. The fourth-order valence-corrected chi connectivity index (χ4v) is 4.02. The first-order valence-electron chi connectivity index (χ1n) is 11.6. The third kappa shape index (κ3) is 7.52. The number of nitrogens with zero attached hydrogens (tertiary/aromatic N) is 1. The van der Waals surface area contributed by atoms with Crippen LogP contribution in [-0.2, 0) is 16.0 Å². The van der Waals surface area contributed by atoms with E-state index in [4.69, 9.17) is 0 Å². The Morgan fingerprint density at radius 3 is 2.44 bits per heavy atom. The van der Waals surface area contributed by atoms with E-state index in [-0.39, 0.29) is 30.1 Å². The minimum Gasteiger partial charge on any atom is -0.356 e. The number of carbonyl (C=O) groups is 3. The van der Waals surface area contributed by atoms with Crippen LogP contribution in [0.1, 0.15) is 48.0 Å². The van der Waals surface area contributed by atoms with Crippen LogP contribution >= 0.6 is 0 Å². The molecule has 3 rings (SSSR count). The van der Waals surface area contributed by atoms with Crippen molar-refractivity contribution in [3.8, 4) is 0 Å². The first-order valence-corrected chi connectivity index (χ1v) is 11.6. The molecule has 2 aromatic rings. The van der Waals surface area contributed by atoms with Gasteiger partial charge in [-0.1, -0.05) is 48.5 Å². The van der Waals surface area contributed by atoms with Crippen LogP contribution in [0, 0.1) is 5.92 Å². The maximum Gasteiger partial charge on any atom is 0.253 e. The lowest BCUT2D eigenvalue weighted by molar-refractivity contribution is -0.126. The predicted octanol–water partition coefficient (Wildman–Crippen LogP) is 3.18. The summed E-state index contributed by atoms with van der Waals surface area (Å²) in [5.74, 6) is -0.286. The van der Waals surface area contributed by atoms with Gasteiger partial charge in [-0.2, -0.15) is 0 Å². The number of hydrogen-bond acceptors (Lipinski definition) is 3. The van der Waals surface area contributed by atoms with Crippen LogP contribution in [0.4, 0.5) is 0 Å². The van der Waals surface area contributed by atoms with Gasteiger partial charge in [0, 0.05) is 44.1 Å². The average molecular weight is 436 g/mol. The first-order chi connectivity index (χ1) is 15.6. The summed E-state index contributed by atoms with van der Waals surface area (Å²) in [5.41, 5.74) is 1.89. The van der Waals surface area contributed by atoms with Crippen LogP contribution in [0.25, 0.3) is 0 Å². The van der Waals surface area contributed by atoms with E-state index >= 15 is 0 Å². The molecule has 1 aliphatic rings. The van der Waals surface area contributed by atoms with Crippen LogP contribution < -0.4 is 10.6 Å². The Hall–Kier alpha value is -3.15. The third-order valence-electron chi connectivity index (χ3n) is 5.87. The molecular weight excluding hydrogens is 402 g/mol. The number of nitrogens with one attached hydrogen (secondary N) is 2. The molecule has 1 heterocycles. The van der Waals surface area contributed by atoms with Gasteiger partial charge in [-0.25, -0.2) is 0 Å². The molecule has 0 spiro atoms. The zero-order valence-electron chi connectivity index (χ0n) is 18.6.